The molecule has 0 amide bonds. The quantitative estimate of drug-likeness (QED) is 0.667. The van der Waals surface area contributed by atoms with Crippen LogP contribution in [-0.2, 0) is 19.6 Å². The highest BCUT2D eigenvalue weighted by atomic mass is 32.2. The second-order valence-electron chi connectivity index (χ2n) is 8.34. The summed E-state index contributed by atoms with van der Waals surface area (Å²) in [4.78, 5) is 14.2. The molecular formula is C17H33N3O5S. The number of aliphatic carboxylic acids is 1. The van der Waals surface area contributed by atoms with Crippen molar-refractivity contribution in [3.63, 3.8) is 0 Å². The first-order valence-corrected chi connectivity index (χ1v) is 10.7. The molecule has 2 rings (SSSR count). The van der Waals surface area contributed by atoms with Crippen molar-refractivity contribution in [3.8, 4) is 0 Å². The van der Waals surface area contributed by atoms with E-state index in [2.05, 4.69) is 31.0 Å². The lowest BCUT2D eigenvalue weighted by Crippen LogP contribution is -2.61. The molecule has 1 unspecified atom stereocenters. The van der Waals surface area contributed by atoms with E-state index in [0.717, 1.165) is 0 Å². The Kier molecular flexibility index (Phi) is 6.71. The first-order chi connectivity index (χ1) is 12.0. The van der Waals surface area contributed by atoms with Gasteiger partial charge in [0.2, 0.25) is 10.0 Å². The summed E-state index contributed by atoms with van der Waals surface area (Å²) in [5.74, 6) is -1.23. The van der Waals surface area contributed by atoms with Crippen molar-refractivity contribution in [1.82, 2.24) is 14.5 Å². The molecule has 0 saturated carbocycles. The molecule has 2 aliphatic heterocycles. The summed E-state index contributed by atoms with van der Waals surface area (Å²) in [6.07, 6.45) is 0.217. The van der Waals surface area contributed by atoms with Crippen molar-refractivity contribution in [2.75, 3.05) is 52.9 Å². The van der Waals surface area contributed by atoms with Gasteiger partial charge in [-0.2, -0.15) is 4.31 Å². The van der Waals surface area contributed by atoms with E-state index in [1.807, 2.05) is 0 Å². The number of likely N-dealkylation sites (tertiary alicyclic amines) is 1. The van der Waals surface area contributed by atoms with Crippen LogP contribution in [0.25, 0.3) is 0 Å². The zero-order valence-electron chi connectivity index (χ0n) is 16.3. The molecule has 26 heavy (non-hydrogen) atoms. The highest BCUT2D eigenvalue weighted by molar-refractivity contribution is 7.91. The molecule has 9 heteroatoms. The molecule has 152 valence electrons. The van der Waals surface area contributed by atoms with E-state index in [1.165, 1.54) is 4.31 Å². The van der Waals surface area contributed by atoms with E-state index in [1.54, 1.807) is 7.11 Å². The first kappa shape index (κ1) is 21.6. The predicted octanol–water partition coefficient (Wildman–Crippen LogP) is 0.202. The first-order valence-electron chi connectivity index (χ1n) is 9.23. The van der Waals surface area contributed by atoms with Crippen molar-refractivity contribution >= 4 is 16.0 Å². The molecule has 2 N–H and O–H groups in total. The highest BCUT2D eigenvalue weighted by Gasteiger charge is 2.55. The van der Waals surface area contributed by atoms with Gasteiger partial charge in [-0.15, -0.1) is 0 Å². The van der Waals surface area contributed by atoms with Crippen LogP contribution in [0.3, 0.4) is 0 Å². The van der Waals surface area contributed by atoms with Crippen LogP contribution in [-0.4, -0.2) is 92.5 Å². The molecule has 0 radical (unpaired) electrons. The van der Waals surface area contributed by atoms with Crippen molar-refractivity contribution in [2.24, 2.45) is 5.41 Å². The molecule has 2 fully saturated rings. The molecule has 2 saturated heterocycles. The predicted molar refractivity (Wildman–Crippen MR) is 99.7 cm³/mol. The number of nitrogens with one attached hydrogen (secondary N) is 1. The molecule has 0 aromatic heterocycles. The zero-order chi connectivity index (χ0) is 19.6. The zero-order valence-corrected chi connectivity index (χ0v) is 17.1. The number of carbonyl (C=O) groups is 1. The average molecular weight is 392 g/mol. The van der Waals surface area contributed by atoms with Gasteiger partial charge in [0, 0.05) is 52.9 Å². The number of nitrogens with zero attached hydrogens (tertiary/aromatic N) is 2. The highest BCUT2D eigenvalue weighted by Crippen LogP contribution is 2.34. The molecule has 1 atom stereocenters. The number of hydrogen-bond donors (Lipinski definition) is 2. The number of sulfonamides is 1. The van der Waals surface area contributed by atoms with Crippen LogP contribution in [0.15, 0.2) is 0 Å². The number of ether oxygens (including phenoxy) is 1. The topological polar surface area (TPSA) is 99.2 Å². The van der Waals surface area contributed by atoms with Crippen molar-refractivity contribution in [2.45, 2.75) is 44.5 Å². The molecule has 0 bridgehead atoms. The van der Waals surface area contributed by atoms with Gasteiger partial charge < -0.3 is 20.1 Å². The van der Waals surface area contributed by atoms with Gasteiger partial charge in [0.25, 0.3) is 0 Å². The molecule has 0 aliphatic carbocycles. The van der Waals surface area contributed by atoms with Gasteiger partial charge >= 0.3 is 5.97 Å². The van der Waals surface area contributed by atoms with Crippen LogP contribution in [0, 0.1) is 5.41 Å². The van der Waals surface area contributed by atoms with Crippen molar-refractivity contribution in [1.29, 1.82) is 0 Å². The number of carboxylic acid groups (broad SMARTS) is 1. The maximum atomic E-state index is 13.1. The van der Waals surface area contributed by atoms with E-state index < -0.39 is 20.7 Å². The molecule has 8 nitrogen and oxygen atoms in total. The Morgan fingerprint density at radius 1 is 1.19 bits per heavy atom. The smallest absolute Gasteiger partial charge is 0.326 e. The number of rotatable bonds is 6. The summed E-state index contributed by atoms with van der Waals surface area (Å²) in [5, 5.41) is 12.9. The van der Waals surface area contributed by atoms with Crippen LogP contribution >= 0.6 is 0 Å². The number of piperazine rings is 1. The maximum Gasteiger partial charge on any atom is 0.326 e. The van der Waals surface area contributed by atoms with Gasteiger partial charge in [-0.25, -0.2) is 8.42 Å². The minimum atomic E-state index is -3.90. The molecular weight excluding hydrogens is 358 g/mol. The fraction of sp³-hybridized carbons (Fsp3) is 0.941. The number of methoxy groups -OCH3 is 1. The summed E-state index contributed by atoms with van der Waals surface area (Å²) in [6, 6.07) is 0. The molecule has 0 aromatic carbocycles. The summed E-state index contributed by atoms with van der Waals surface area (Å²) in [6.45, 7) is 9.62. The third-order valence-corrected chi connectivity index (χ3v) is 8.25. The van der Waals surface area contributed by atoms with E-state index >= 15 is 0 Å². The Balaban J connectivity index is 2.12. The Morgan fingerprint density at radius 3 is 2.15 bits per heavy atom. The van der Waals surface area contributed by atoms with Crippen LogP contribution in [0.4, 0.5) is 0 Å². The fourth-order valence-corrected chi connectivity index (χ4v) is 5.82. The van der Waals surface area contributed by atoms with Crippen LogP contribution in [0.1, 0.15) is 33.6 Å². The van der Waals surface area contributed by atoms with E-state index in [-0.39, 0.29) is 24.4 Å². The molecule has 2 heterocycles. The number of hydrogen-bond acceptors (Lipinski definition) is 6. The van der Waals surface area contributed by atoms with Crippen molar-refractivity contribution in [3.05, 3.63) is 0 Å². The third kappa shape index (κ3) is 4.22. The van der Waals surface area contributed by atoms with Crippen LogP contribution in [0.5, 0.6) is 0 Å². The van der Waals surface area contributed by atoms with Crippen LogP contribution < -0.4 is 5.32 Å². The lowest BCUT2D eigenvalue weighted by Gasteiger charge is -2.43. The van der Waals surface area contributed by atoms with E-state index in [0.29, 0.717) is 45.8 Å². The monoisotopic (exact) mass is 391 g/mol. The average Bonchev–Trinajstić information content (AvgIpc) is 2.59. The lowest BCUT2D eigenvalue weighted by atomic mass is 9.87. The second kappa shape index (κ2) is 8.10. The Morgan fingerprint density at radius 2 is 1.73 bits per heavy atom. The van der Waals surface area contributed by atoms with Gasteiger partial charge in [-0.05, 0) is 18.3 Å². The Bertz CT molecular complexity index is 588. The Hall–Kier alpha value is -0.740. The standard InChI is InChI=1S/C17H33N3O5S/c1-16(2,3)14(25-4)13-19-9-5-17(6-10-19,15(21)22)26(23,24)20-11-7-18-8-12-20/h14,18H,5-13H2,1-4H3,(H,21,22). The van der Waals surface area contributed by atoms with Gasteiger partial charge in [0.15, 0.2) is 4.75 Å². The largest absolute Gasteiger partial charge is 0.480 e. The second-order valence-corrected chi connectivity index (χ2v) is 10.6. The minimum absolute atomic E-state index is 0.00426. The van der Waals surface area contributed by atoms with Crippen molar-refractivity contribution < 1.29 is 23.1 Å². The van der Waals surface area contributed by atoms with Gasteiger partial charge in [0.1, 0.15) is 0 Å². The maximum absolute atomic E-state index is 13.1. The number of piperidine rings is 1. The molecule has 0 spiro atoms. The molecule has 2 aliphatic rings. The molecule has 0 aromatic rings. The van der Waals surface area contributed by atoms with Gasteiger partial charge in [0.05, 0.1) is 6.10 Å². The van der Waals surface area contributed by atoms with Gasteiger partial charge in [-0.1, -0.05) is 20.8 Å². The third-order valence-electron chi connectivity index (χ3n) is 5.64. The normalized spacial score (nSPS) is 24.3. The SMILES string of the molecule is COC(CN1CCC(C(=O)O)(S(=O)(=O)N2CCNCC2)CC1)C(C)(C)C. The van der Waals surface area contributed by atoms with Gasteiger partial charge in [-0.3, -0.25) is 4.79 Å². The summed E-state index contributed by atoms with van der Waals surface area (Å²) in [7, 11) is -2.22. The lowest BCUT2D eigenvalue weighted by molar-refractivity contribution is -0.141. The summed E-state index contributed by atoms with van der Waals surface area (Å²) < 4.78 is 31.5. The number of carboxylic acids is 1. The van der Waals surface area contributed by atoms with E-state index in [4.69, 9.17) is 4.74 Å². The fourth-order valence-electron chi connectivity index (χ4n) is 3.75. The van der Waals surface area contributed by atoms with E-state index in [9.17, 15) is 18.3 Å². The summed E-state index contributed by atoms with van der Waals surface area (Å²) in [5.41, 5.74) is -0.0387. The summed E-state index contributed by atoms with van der Waals surface area (Å²) >= 11 is 0. The van der Waals surface area contributed by atoms with Crippen LogP contribution in [0.2, 0.25) is 0 Å². The Labute approximate surface area is 156 Å². The minimum Gasteiger partial charge on any atom is -0.480 e.